The fraction of sp³-hybridized carbons (Fsp3) is 0.357. The number of nitrogens with zero attached hydrogens (tertiary/aromatic N) is 2. The number of rotatable bonds is 7. The van der Waals surface area contributed by atoms with Crippen LogP contribution in [0.15, 0.2) is 24.4 Å². The summed E-state index contributed by atoms with van der Waals surface area (Å²) in [5, 5.41) is 18.4. The third kappa shape index (κ3) is 3.91. The van der Waals surface area contributed by atoms with Gasteiger partial charge in [-0.2, -0.15) is 0 Å². The third-order valence-electron chi connectivity index (χ3n) is 2.88. The molecule has 2 aromatic rings. The van der Waals surface area contributed by atoms with E-state index >= 15 is 0 Å². The van der Waals surface area contributed by atoms with Crippen molar-refractivity contribution in [1.29, 1.82) is 0 Å². The zero-order valence-electron chi connectivity index (χ0n) is 12.0. The molecular formula is C14H18N4O2S. The van der Waals surface area contributed by atoms with Crippen molar-refractivity contribution in [2.24, 2.45) is 0 Å². The van der Waals surface area contributed by atoms with Crippen molar-refractivity contribution < 1.29 is 4.92 Å². The van der Waals surface area contributed by atoms with Gasteiger partial charge in [0.15, 0.2) is 0 Å². The fourth-order valence-electron chi connectivity index (χ4n) is 1.94. The minimum atomic E-state index is -0.354. The van der Waals surface area contributed by atoms with Crippen LogP contribution in [0.5, 0.6) is 0 Å². The number of nitro benzene ring substituents is 1. The molecule has 0 saturated carbocycles. The van der Waals surface area contributed by atoms with Crippen LogP contribution in [0, 0.1) is 17.0 Å². The largest absolute Gasteiger partial charge is 0.379 e. The highest BCUT2D eigenvalue weighted by atomic mass is 32.1. The van der Waals surface area contributed by atoms with E-state index in [-0.39, 0.29) is 10.6 Å². The van der Waals surface area contributed by atoms with E-state index < -0.39 is 0 Å². The topological polar surface area (TPSA) is 80.1 Å². The molecule has 1 heterocycles. The fourth-order valence-corrected chi connectivity index (χ4v) is 2.67. The van der Waals surface area contributed by atoms with E-state index in [2.05, 4.69) is 15.6 Å². The number of hydrogen-bond acceptors (Lipinski definition) is 6. The molecule has 0 unspecified atom stereocenters. The smallest absolute Gasteiger partial charge is 0.315 e. The van der Waals surface area contributed by atoms with E-state index in [1.54, 1.807) is 35.7 Å². The standard InChI is InChI=1S/C14H18N4O2S/c1-3-7-15-11-5-4-6-12(14(11)18(19)20)16-9-13-17-8-10(2)21-13/h4-6,8,15-16H,3,7,9H2,1-2H3. The lowest BCUT2D eigenvalue weighted by molar-refractivity contribution is -0.383. The Kier molecular flexibility index (Phi) is 5.10. The molecule has 2 N–H and O–H groups in total. The van der Waals surface area contributed by atoms with Crippen LogP contribution in [-0.4, -0.2) is 16.5 Å². The average molecular weight is 306 g/mol. The van der Waals surface area contributed by atoms with Crippen molar-refractivity contribution in [3.8, 4) is 0 Å². The van der Waals surface area contributed by atoms with E-state index in [4.69, 9.17) is 0 Å². The minimum Gasteiger partial charge on any atom is -0.379 e. The van der Waals surface area contributed by atoms with Crippen molar-refractivity contribution in [2.75, 3.05) is 17.2 Å². The lowest BCUT2D eigenvalue weighted by atomic mass is 10.2. The van der Waals surface area contributed by atoms with Gasteiger partial charge < -0.3 is 10.6 Å². The number of nitrogens with one attached hydrogen (secondary N) is 2. The Morgan fingerprint density at radius 1 is 1.33 bits per heavy atom. The lowest BCUT2D eigenvalue weighted by Gasteiger charge is -2.10. The summed E-state index contributed by atoms with van der Waals surface area (Å²) in [5.41, 5.74) is 1.13. The number of aromatic nitrogens is 1. The molecule has 112 valence electrons. The van der Waals surface area contributed by atoms with Gasteiger partial charge >= 0.3 is 5.69 Å². The van der Waals surface area contributed by atoms with Crippen LogP contribution in [-0.2, 0) is 6.54 Å². The molecule has 2 rings (SSSR count). The molecular weight excluding hydrogens is 288 g/mol. The van der Waals surface area contributed by atoms with Crippen molar-refractivity contribution in [1.82, 2.24) is 4.98 Å². The summed E-state index contributed by atoms with van der Waals surface area (Å²) in [7, 11) is 0. The molecule has 0 aliphatic heterocycles. The van der Waals surface area contributed by atoms with E-state index in [9.17, 15) is 10.1 Å². The van der Waals surface area contributed by atoms with E-state index in [0.29, 0.717) is 24.5 Å². The monoisotopic (exact) mass is 306 g/mol. The molecule has 0 aliphatic carbocycles. The number of para-hydroxylation sites is 1. The van der Waals surface area contributed by atoms with Gasteiger partial charge in [-0.15, -0.1) is 11.3 Å². The van der Waals surface area contributed by atoms with Gasteiger partial charge in [-0.05, 0) is 25.5 Å². The molecule has 1 aromatic carbocycles. The number of hydrogen-bond donors (Lipinski definition) is 2. The molecule has 0 amide bonds. The molecule has 7 heteroatoms. The summed E-state index contributed by atoms with van der Waals surface area (Å²) in [6, 6.07) is 5.25. The summed E-state index contributed by atoms with van der Waals surface area (Å²) in [6.07, 6.45) is 2.71. The van der Waals surface area contributed by atoms with Gasteiger partial charge in [-0.1, -0.05) is 13.0 Å². The van der Waals surface area contributed by atoms with Gasteiger partial charge in [0, 0.05) is 17.6 Å². The molecule has 0 spiro atoms. The Morgan fingerprint density at radius 3 is 2.62 bits per heavy atom. The van der Waals surface area contributed by atoms with Gasteiger partial charge in [-0.25, -0.2) is 4.98 Å². The molecule has 0 bridgehead atoms. The lowest BCUT2D eigenvalue weighted by Crippen LogP contribution is -2.07. The Labute approximate surface area is 127 Å². The maximum Gasteiger partial charge on any atom is 0.315 e. The molecule has 1 aromatic heterocycles. The summed E-state index contributed by atoms with van der Waals surface area (Å²) < 4.78 is 0. The summed E-state index contributed by atoms with van der Waals surface area (Å²) in [5.74, 6) is 0. The quantitative estimate of drug-likeness (QED) is 0.601. The molecule has 0 aliphatic rings. The number of benzene rings is 1. The first-order valence-corrected chi connectivity index (χ1v) is 7.60. The van der Waals surface area contributed by atoms with Gasteiger partial charge in [0.2, 0.25) is 0 Å². The van der Waals surface area contributed by atoms with Crippen LogP contribution in [0.1, 0.15) is 23.2 Å². The van der Waals surface area contributed by atoms with Crippen LogP contribution in [0.2, 0.25) is 0 Å². The Balaban J connectivity index is 2.19. The summed E-state index contributed by atoms with van der Waals surface area (Å²) in [6.45, 7) is 5.19. The van der Waals surface area contributed by atoms with Gasteiger partial charge in [0.1, 0.15) is 16.4 Å². The molecule has 0 radical (unpaired) electrons. The van der Waals surface area contributed by atoms with Crippen molar-refractivity contribution >= 4 is 28.4 Å². The Bertz CT molecular complexity index is 627. The number of thiazole rings is 1. The molecule has 0 atom stereocenters. The SMILES string of the molecule is CCCNc1cccc(NCc2ncc(C)s2)c1[N+](=O)[O-]. The first-order valence-electron chi connectivity index (χ1n) is 6.78. The second-order valence-electron chi connectivity index (χ2n) is 4.60. The molecule has 0 fully saturated rings. The van der Waals surface area contributed by atoms with Crippen LogP contribution < -0.4 is 10.6 Å². The maximum atomic E-state index is 11.3. The second kappa shape index (κ2) is 7.03. The zero-order valence-corrected chi connectivity index (χ0v) is 12.9. The van der Waals surface area contributed by atoms with E-state index in [1.165, 1.54) is 0 Å². The van der Waals surface area contributed by atoms with Crippen LogP contribution in [0.25, 0.3) is 0 Å². The number of nitro groups is 1. The summed E-state index contributed by atoms with van der Waals surface area (Å²) in [4.78, 5) is 16.4. The number of aryl methyl sites for hydroxylation is 1. The highest BCUT2D eigenvalue weighted by Crippen LogP contribution is 2.33. The maximum absolute atomic E-state index is 11.3. The molecule has 6 nitrogen and oxygen atoms in total. The number of anilines is 2. The zero-order chi connectivity index (χ0) is 15.2. The average Bonchev–Trinajstić information content (AvgIpc) is 2.88. The second-order valence-corrected chi connectivity index (χ2v) is 5.92. The van der Waals surface area contributed by atoms with Crippen molar-refractivity contribution in [3.05, 3.63) is 44.4 Å². The molecule has 0 saturated heterocycles. The van der Waals surface area contributed by atoms with E-state index in [0.717, 1.165) is 16.3 Å². The van der Waals surface area contributed by atoms with E-state index in [1.807, 2.05) is 13.8 Å². The summed E-state index contributed by atoms with van der Waals surface area (Å²) >= 11 is 1.58. The van der Waals surface area contributed by atoms with Gasteiger partial charge in [0.25, 0.3) is 0 Å². The van der Waals surface area contributed by atoms with Gasteiger partial charge in [-0.3, -0.25) is 10.1 Å². The predicted octanol–water partition coefficient (Wildman–Crippen LogP) is 3.79. The third-order valence-corrected chi connectivity index (χ3v) is 3.80. The van der Waals surface area contributed by atoms with Crippen LogP contribution in [0.3, 0.4) is 0 Å². The van der Waals surface area contributed by atoms with Crippen molar-refractivity contribution in [2.45, 2.75) is 26.8 Å². The molecule has 21 heavy (non-hydrogen) atoms. The first-order chi connectivity index (χ1) is 10.1. The predicted molar refractivity (Wildman–Crippen MR) is 86.1 cm³/mol. The Hall–Kier alpha value is -2.15. The van der Waals surface area contributed by atoms with Crippen LogP contribution >= 0.6 is 11.3 Å². The Morgan fingerprint density at radius 2 is 2.05 bits per heavy atom. The first kappa shape index (κ1) is 15.2. The van der Waals surface area contributed by atoms with Crippen molar-refractivity contribution in [3.63, 3.8) is 0 Å². The van der Waals surface area contributed by atoms with Gasteiger partial charge in [0.05, 0.1) is 11.5 Å². The highest BCUT2D eigenvalue weighted by Gasteiger charge is 2.19. The van der Waals surface area contributed by atoms with Crippen LogP contribution in [0.4, 0.5) is 17.1 Å². The highest BCUT2D eigenvalue weighted by molar-refractivity contribution is 7.11. The minimum absolute atomic E-state index is 0.0826. The normalized spacial score (nSPS) is 10.4.